The van der Waals surface area contributed by atoms with E-state index < -0.39 is 0 Å². The summed E-state index contributed by atoms with van der Waals surface area (Å²) < 4.78 is 1.04. The molecule has 0 unspecified atom stereocenters. The molecule has 23 heavy (non-hydrogen) atoms. The van der Waals surface area contributed by atoms with Crippen LogP contribution in [0.3, 0.4) is 0 Å². The zero-order valence-electron chi connectivity index (χ0n) is 13.0. The summed E-state index contributed by atoms with van der Waals surface area (Å²) in [6.07, 6.45) is 0. The van der Waals surface area contributed by atoms with E-state index in [1.165, 1.54) is 16.9 Å². The number of hydrogen-bond donors (Lipinski definition) is 1. The number of carbonyl (C=O) groups excluding carboxylic acids is 1. The topological polar surface area (TPSA) is 78.7 Å². The number of nitrogens with zero attached hydrogens (tertiary/aromatic N) is 3. The van der Waals surface area contributed by atoms with Gasteiger partial charge in [0.2, 0.25) is 0 Å². The molecule has 2 aromatic heterocycles. The van der Waals surface area contributed by atoms with E-state index in [0.717, 1.165) is 15.8 Å². The van der Waals surface area contributed by atoms with Crippen LogP contribution in [0, 0.1) is 32.1 Å². The van der Waals surface area contributed by atoms with Crippen LogP contribution in [0.15, 0.2) is 24.3 Å². The molecule has 0 radical (unpaired) electrons. The lowest BCUT2D eigenvalue weighted by Gasteiger charge is -2.02. The van der Waals surface area contributed by atoms with Crippen LogP contribution in [0.4, 0.5) is 5.13 Å². The van der Waals surface area contributed by atoms with Gasteiger partial charge in [0.15, 0.2) is 5.13 Å². The first-order valence-electron chi connectivity index (χ1n) is 7.05. The summed E-state index contributed by atoms with van der Waals surface area (Å²) in [6.45, 7) is 5.75. The Bertz CT molecular complexity index is 969. The summed E-state index contributed by atoms with van der Waals surface area (Å²) in [5.41, 5.74) is 4.43. The molecular formula is C17H14N4OS. The number of hydrogen-bond acceptors (Lipinski definition) is 5. The minimum Gasteiger partial charge on any atom is -0.296 e. The fourth-order valence-electron chi connectivity index (χ4n) is 2.39. The number of nitriles is 1. The molecule has 2 heterocycles. The van der Waals surface area contributed by atoms with Gasteiger partial charge in [0.25, 0.3) is 5.91 Å². The van der Waals surface area contributed by atoms with Crippen molar-refractivity contribution in [2.24, 2.45) is 0 Å². The second-order valence-electron chi connectivity index (χ2n) is 5.34. The van der Waals surface area contributed by atoms with Crippen LogP contribution >= 0.6 is 11.3 Å². The summed E-state index contributed by atoms with van der Waals surface area (Å²) in [4.78, 5) is 21.0. The average molecular weight is 322 g/mol. The van der Waals surface area contributed by atoms with Gasteiger partial charge in [-0.05, 0) is 50.1 Å². The summed E-state index contributed by atoms with van der Waals surface area (Å²) in [7, 11) is 0. The zero-order valence-corrected chi connectivity index (χ0v) is 13.8. The molecule has 0 aliphatic rings. The van der Waals surface area contributed by atoms with E-state index in [-0.39, 0.29) is 11.6 Å². The molecule has 1 aromatic carbocycles. The minimum absolute atomic E-state index is 0.272. The van der Waals surface area contributed by atoms with Gasteiger partial charge >= 0.3 is 0 Å². The highest BCUT2D eigenvalue weighted by Crippen LogP contribution is 2.29. The number of nitrogens with one attached hydrogen (secondary N) is 1. The molecule has 0 saturated carbocycles. The molecule has 6 heteroatoms. The van der Waals surface area contributed by atoms with Crippen molar-refractivity contribution >= 4 is 32.6 Å². The van der Waals surface area contributed by atoms with Gasteiger partial charge in [-0.3, -0.25) is 10.1 Å². The van der Waals surface area contributed by atoms with Crippen LogP contribution < -0.4 is 5.32 Å². The number of rotatable bonds is 2. The van der Waals surface area contributed by atoms with Crippen molar-refractivity contribution in [3.63, 3.8) is 0 Å². The van der Waals surface area contributed by atoms with E-state index in [2.05, 4.69) is 27.4 Å². The van der Waals surface area contributed by atoms with Gasteiger partial charge in [0, 0.05) is 0 Å². The van der Waals surface area contributed by atoms with Gasteiger partial charge in [0.05, 0.1) is 21.5 Å². The van der Waals surface area contributed by atoms with Crippen molar-refractivity contribution < 1.29 is 4.79 Å². The maximum absolute atomic E-state index is 12.3. The van der Waals surface area contributed by atoms with Gasteiger partial charge in [-0.1, -0.05) is 17.4 Å². The lowest BCUT2D eigenvalue weighted by molar-refractivity contribution is 0.102. The highest BCUT2D eigenvalue weighted by Gasteiger charge is 2.13. The third kappa shape index (κ3) is 2.91. The molecule has 5 nitrogen and oxygen atoms in total. The summed E-state index contributed by atoms with van der Waals surface area (Å²) >= 11 is 1.44. The number of aromatic nitrogens is 2. The first-order chi connectivity index (χ1) is 11.0. The Balaban J connectivity index is 1.90. The Morgan fingerprint density at radius 3 is 2.70 bits per heavy atom. The van der Waals surface area contributed by atoms with Gasteiger partial charge in [-0.15, -0.1) is 0 Å². The molecule has 0 saturated heterocycles. The van der Waals surface area contributed by atoms with E-state index in [4.69, 9.17) is 5.26 Å². The van der Waals surface area contributed by atoms with E-state index in [0.29, 0.717) is 16.4 Å². The molecule has 114 valence electrons. The summed E-state index contributed by atoms with van der Waals surface area (Å²) in [5, 5.41) is 12.2. The number of fused-ring (bicyclic) bond motifs is 1. The van der Waals surface area contributed by atoms with Crippen molar-refractivity contribution in [1.29, 1.82) is 5.26 Å². The molecule has 0 spiro atoms. The van der Waals surface area contributed by atoms with Gasteiger partial charge in [-0.25, -0.2) is 9.97 Å². The number of carbonyl (C=O) groups is 1. The molecule has 0 fully saturated rings. The van der Waals surface area contributed by atoms with Crippen molar-refractivity contribution in [3.05, 3.63) is 52.3 Å². The summed E-state index contributed by atoms with van der Waals surface area (Å²) in [6, 6.07) is 9.31. The maximum Gasteiger partial charge on any atom is 0.276 e. The fourth-order valence-corrected chi connectivity index (χ4v) is 3.43. The lowest BCUT2D eigenvalue weighted by Crippen LogP contribution is -2.14. The highest BCUT2D eigenvalue weighted by molar-refractivity contribution is 7.22. The van der Waals surface area contributed by atoms with Crippen LogP contribution in [-0.4, -0.2) is 15.9 Å². The third-order valence-electron chi connectivity index (χ3n) is 3.49. The quantitative estimate of drug-likeness (QED) is 0.779. The first kappa shape index (κ1) is 15.1. The van der Waals surface area contributed by atoms with Crippen molar-refractivity contribution in [1.82, 2.24) is 9.97 Å². The number of pyridine rings is 1. The summed E-state index contributed by atoms with van der Waals surface area (Å²) in [5.74, 6) is -0.328. The number of amides is 1. The average Bonchev–Trinajstić information content (AvgIpc) is 2.89. The second-order valence-corrected chi connectivity index (χ2v) is 6.37. The monoisotopic (exact) mass is 322 g/mol. The molecule has 1 amide bonds. The standard InChI is InChI=1S/C17H14N4OS/c1-9-6-10(2)15-14(7-9)23-17(20-15)21-16(22)13-5-4-12(8-18)11(3)19-13/h4-7H,1-3H3,(H,20,21,22). The Morgan fingerprint density at radius 2 is 2.00 bits per heavy atom. The lowest BCUT2D eigenvalue weighted by atomic mass is 10.1. The highest BCUT2D eigenvalue weighted by atomic mass is 32.1. The van der Waals surface area contributed by atoms with E-state index in [1.54, 1.807) is 19.1 Å². The molecule has 0 bridgehead atoms. The van der Waals surface area contributed by atoms with Crippen molar-refractivity contribution in [2.45, 2.75) is 20.8 Å². The molecular weight excluding hydrogens is 308 g/mol. The van der Waals surface area contributed by atoms with Gasteiger partial charge in [-0.2, -0.15) is 5.26 Å². The predicted octanol–water partition coefficient (Wildman–Crippen LogP) is 3.74. The van der Waals surface area contributed by atoms with Crippen LogP contribution in [0.1, 0.15) is 32.9 Å². The number of anilines is 1. The van der Waals surface area contributed by atoms with E-state index in [1.807, 2.05) is 19.9 Å². The molecule has 0 aliphatic carbocycles. The normalized spacial score (nSPS) is 10.5. The van der Waals surface area contributed by atoms with Gasteiger partial charge < -0.3 is 0 Å². The minimum atomic E-state index is -0.328. The van der Waals surface area contributed by atoms with Crippen LogP contribution in [0.25, 0.3) is 10.2 Å². The number of benzene rings is 1. The van der Waals surface area contributed by atoms with Crippen LogP contribution in [-0.2, 0) is 0 Å². The van der Waals surface area contributed by atoms with E-state index in [9.17, 15) is 4.79 Å². The number of aryl methyl sites for hydroxylation is 3. The molecule has 0 aliphatic heterocycles. The zero-order chi connectivity index (χ0) is 16.6. The SMILES string of the molecule is Cc1cc(C)c2nc(NC(=O)c3ccc(C#N)c(C)n3)sc2c1. The predicted molar refractivity (Wildman–Crippen MR) is 90.7 cm³/mol. The maximum atomic E-state index is 12.3. The number of thiazole rings is 1. The Morgan fingerprint density at radius 1 is 1.22 bits per heavy atom. The molecule has 0 atom stereocenters. The first-order valence-corrected chi connectivity index (χ1v) is 7.86. The van der Waals surface area contributed by atoms with Crippen LogP contribution in [0.5, 0.6) is 0 Å². The molecule has 3 aromatic rings. The van der Waals surface area contributed by atoms with Crippen molar-refractivity contribution in [3.8, 4) is 6.07 Å². The van der Waals surface area contributed by atoms with Crippen LogP contribution in [0.2, 0.25) is 0 Å². The Kier molecular flexibility index (Phi) is 3.80. The molecule has 1 N–H and O–H groups in total. The third-order valence-corrected chi connectivity index (χ3v) is 4.41. The second kappa shape index (κ2) is 5.78. The Hall–Kier alpha value is -2.78. The Labute approximate surface area is 137 Å². The fraction of sp³-hybridized carbons (Fsp3) is 0.176. The smallest absolute Gasteiger partial charge is 0.276 e. The van der Waals surface area contributed by atoms with Crippen molar-refractivity contribution in [2.75, 3.05) is 5.32 Å². The van der Waals surface area contributed by atoms with E-state index >= 15 is 0 Å². The van der Waals surface area contributed by atoms with Gasteiger partial charge in [0.1, 0.15) is 11.8 Å². The molecule has 3 rings (SSSR count). The largest absolute Gasteiger partial charge is 0.296 e.